The van der Waals surface area contributed by atoms with Gasteiger partial charge in [0.2, 0.25) is 0 Å². The van der Waals surface area contributed by atoms with Gasteiger partial charge in [-0.3, -0.25) is 0 Å². The molecule has 1 nitrogen and oxygen atoms in total. The van der Waals surface area contributed by atoms with Crippen molar-refractivity contribution < 1.29 is 4.79 Å². The molecule has 0 atom stereocenters. The molecule has 1 rings (SSSR count). The van der Waals surface area contributed by atoms with Gasteiger partial charge in [-0.05, 0) is 19.1 Å². The highest BCUT2D eigenvalue weighted by Crippen LogP contribution is 1.95. The Morgan fingerprint density at radius 2 is 1.92 bits per heavy atom. The summed E-state index contributed by atoms with van der Waals surface area (Å²) in [7, 11) is 0. The lowest BCUT2D eigenvalue weighted by atomic mass is 10.2. The molecule has 1 aromatic rings. The molecule has 1 aromatic carbocycles. The molecule has 0 aromatic heterocycles. The maximum absolute atomic E-state index is 10.1. The summed E-state index contributed by atoms with van der Waals surface area (Å²) in [6.07, 6.45) is 0. The predicted octanol–water partition coefficient (Wildman–Crippen LogP) is 1.82. The number of benzene rings is 1. The first-order chi connectivity index (χ1) is 5.83. The van der Waals surface area contributed by atoms with Crippen molar-refractivity contribution in [3.63, 3.8) is 0 Å². The van der Waals surface area contributed by atoms with Gasteiger partial charge in [-0.15, -0.1) is 0 Å². The summed E-state index contributed by atoms with van der Waals surface area (Å²) in [5.41, 5.74) is 1.34. The third kappa shape index (κ3) is 2.46. The van der Waals surface area contributed by atoms with Crippen molar-refractivity contribution in [2.75, 3.05) is 0 Å². The summed E-state index contributed by atoms with van der Waals surface area (Å²) < 4.78 is 0. The van der Waals surface area contributed by atoms with Gasteiger partial charge >= 0.3 is 0 Å². The Balaban J connectivity index is 2.88. The van der Waals surface area contributed by atoms with Crippen LogP contribution in [0.25, 0.3) is 0 Å². The van der Waals surface area contributed by atoms with Gasteiger partial charge < -0.3 is 0 Å². The number of hydrogen-bond acceptors (Lipinski definition) is 1. The Kier molecular flexibility index (Phi) is 2.90. The van der Waals surface area contributed by atoms with E-state index in [-0.39, 0.29) is 0 Å². The van der Waals surface area contributed by atoms with Crippen molar-refractivity contribution in [3.05, 3.63) is 41.5 Å². The van der Waals surface area contributed by atoms with E-state index in [1.54, 1.807) is 12.9 Å². The van der Waals surface area contributed by atoms with Crippen molar-refractivity contribution in [2.45, 2.75) is 6.92 Å². The molecule has 12 heavy (non-hydrogen) atoms. The van der Waals surface area contributed by atoms with Crippen LogP contribution >= 0.6 is 0 Å². The van der Waals surface area contributed by atoms with Gasteiger partial charge in [0.1, 0.15) is 5.94 Å². The van der Waals surface area contributed by atoms with Crippen molar-refractivity contribution in [1.82, 2.24) is 0 Å². The molecule has 0 aliphatic carbocycles. The van der Waals surface area contributed by atoms with Crippen molar-refractivity contribution in [2.24, 2.45) is 0 Å². The van der Waals surface area contributed by atoms with E-state index in [1.807, 2.05) is 30.3 Å². The third-order valence-corrected chi connectivity index (χ3v) is 1.32. The second kappa shape index (κ2) is 4.18. The lowest BCUT2D eigenvalue weighted by molar-refractivity contribution is 0.568. The quantitative estimate of drug-likeness (QED) is 0.413. The molecule has 0 spiro atoms. The molecule has 0 radical (unpaired) electrons. The first kappa shape index (κ1) is 8.33. The Morgan fingerprint density at radius 3 is 2.50 bits per heavy atom. The maximum Gasteiger partial charge on any atom is 0.136 e. The molecule has 0 fully saturated rings. The average Bonchev–Trinajstić information content (AvgIpc) is 2.16. The lowest BCUT2D eigenvalue weighted by Gasteiger charge is -1.84. The van der Waals surface area contributed by atoms with Crippen LogP contribution in [0.15, 0.2) is 35.9 Å². The fraction of sp³-hybridized carbons (Fsp3) is 0.0909. The minimum Gasteiger partial charge on any atom is -0.233 e. The van der Waals surface area contributed by atoms with Crippen LogP contribution in [0.3, 0.4) is 0 Å². The molecular formula is C11H8O. The second-order valence-electron chi connectivity index (χ2n) is 2.34. The number of hydrogen-bond donors (Lipinski definition) is 0. The van der Waals surface area contributed by atoms with Gasteiger partial charge in [-0.25, -0.2) is 4.79 Å². The highest BCUT2D eigenvalue weighted by Gasteiger charge is 1.81. The van der Waals surface area contributed by atoms with Crippen LogP contribution in [0, 0.1) is 11.8 Å². The van der Waals surface area contributed by atoms with E-state index in [0.717, 1.165) is 5.56 Å². The molecule has 1 heteroatoms. The van der Waals surface area contributed by atoms with E-state index in [0.29, 0.717) is 5.57 Å². The number of allylic oxidation sites excluding steroid dienone is 1. The van der Waals surface area contributed by atoms with Gasteiger partial charge in [-0.1, -0.05) is 30.0 Å². The van der Waals surface area contributed by atoms with E-state index < -0.39 is 0 Å². The molecule has 58 valence electrons. The van der Waals surface area contributed by atoms with Crippen LogP contribution in [-0.2, 0) is 4.79 Å². The first-order valence-corrected chi connectivity index (χ1v) is 3.61. The van der Waals surface area contributed by atoms with E-state index in [1.165, 1.54) is 0 Å². The summed E-state index contributed by atoms with van der Waals surface area (Å²) in [5, 5.41) is 0. The van der Waals surface area contributed by atoms with Crippen LogP contribution in [0.2, 0.25) is 0 Å². The maximum atomic E-state index is 10.1. The van der Waals surface area contributed by atoms with Crippen LogP contribution in [0.1, 0.15) is 12.5 Å². The Labute approximate surface area is 71.7 Å². The molecule has 0 aliphatic heterocycles. The van der Waals surface area contributed by atoms with Crippen LogP contribution in [0.4, 0.5) is 0 Å². The molecule has 0 bridgehead atoms. The smallest absolute Gasteiger partial charge is 0.136 e. The van der Waals surface area contributed by atoms with Crippen LogP contribution in [-0.4, -0.2) is 5.94 Å². The highest BCUT2D eigenvalue weighted by molar-refractivity contribution is 5.60. The van der Waals surface area contributed by atoms with Crippen LogP contribution in [0.5, 0.6) is 0 Å². The summed E-state index contributed by atoms with van der Waals surface area (Å²) in [6.45, 7) is 1.64. The molecular weight excluding hydrogens is 148 g/mol. The Bertz CT molecular complexity index is 359. The van der Waals surface area contributed by atoms with E-state index in [4.69, 9.17) is 0 Å². The number of carbonyl (C=O) groups excluding carboxylic acids is 1. The standard InChI is InChI=1S/C11H8O/c1-10(9-12)7-8-11-5-3-2-4-6-11/h2-6H,1H3. The summed E-state index contributed by atoms with van der Waals surface area (Å²) in [6, 6.07) is 9.53. The first-order valence-electron chi connectivity index (χ1n) is 3.61. The van der Waals surface area contributed by atoms with Gasteiger partial charge in [0.15, 0.2) is 0 Å². The molecule has 0 amide bonds. The number of rotatable bonds is 0. The Hall–Kier alpha value is -1.77. The zero-order valence-electron chi connectivity index (χ0n) is 6.79. The fourth-order valence-electron chi connectivity index (χ4n) is 0.713. The average molecular weight is 156 g/mol. The second-order valence-corrected chi connectivity index (χ2v) is 2.34. The van der Waals surface area contributed by atoms with Gasteiger partial charge in [0.05, 0.1) is 5.57 Å². The predicted molar refractivity (Wildman–Crippen MR) is 48.2 cm³/mol. The van der Waals surface area contributed by atoms with Gasteiger partial charge in [0, 0.05) is 5.56 Å². The SMILES string of the molecule is CC(=C=O)C#Cc1ccccc1. The molecule has 0 aliphatic rings. The minimum atomic E-state index is 0.429. The van der Waals surface area contributed by atoms with E-state index in [9.17, 15) is 4.79 Å². The fourth-order valence-corrected chi connectivity index (χ4v) is 0.713. The van der Waals surface area contributed by atoms with Gasteiger partial charge in [-0.2, -0.15) is 0 Å². The summed E-state index contributed by atoms with van der Waals surface area (Å²) >= 11 is 0. The lowest BCUT2D eigenvalue weighted by Crippen LogP contribution is -1.72. The highest BCUT2D eigenvalue weighted by atomic mass is 16.1. The monoisotopic (exact) mass is 156 g/mol. The van der Waals surface area contributed by atoms with Crippen molar-refractivity contribution >= 4 is 5.94 Å². The summed E-state index contributed by atoms with van der Waals surface area (Å²) in [5.74, 6) is 7.27. The zero-order valence-corrected chi connectivity index (χ0v) is 6.79. The minimum absolute atomic E-state index is 0.429. The van der Waals surface area contributed by atoms with Crippen molar-refractivity contribution in [3.8, 4) is 11.8 Å². The van der Waals surface area contributed by atoms with E-state index in [2.05, 4.69) is 11.8 Å². The topological polar surface area (TPSA) is 17.1 Å². The van der Waals surface area contributed by atoms with E-state index >= 15 is 0 Å². The van der Waals surface area contributed by atoms with Crippen molar-refractivity contribution in [1.29, 1.82) is 0 Å². The molecule has 0 saturated heterocycles. The largest absolute Gasteiger partial charge is 0.233 e. The molecule has 0 heterocycles. The normalized spacial score (nSPS) is 7.75. The van der Waals surface area contributed by atoms with Crippen LogP contribution < -0.4 is 0 Å². The molecule has 0 saturated carbocycles. The Morgan fingerprint density at radius 1 is 1.25 bits per heavy atom. The van der Waals surface area contributed by atoms with Gasteiger partial charge in [0.25, 0.3) is 0 Å². The zero-order chi connectivity index (χ0) is 8.81. The molecule has 0 N–H and O–H groups in total. The molecule has 0 unspecified atom stereocenters. The third-order valence-electron chi connectivity index (χ3n) is 1.32. The summed E-state index contributed by atoms with van der Waals surface area (Å²) in [4.78, 5) is 10.1.